The number of pyridine rings is 1. The van der Waals surface area contributed by atoms with Crippen LogP contribution in [0.5, 0.6) is 0 Å². The molecule has 0 bridgehead atoms. The van der Waals surface area contributed by atoms with Gasteiger partial charge in [0.05, 0.1) is 15.7 Å². The summed E-state index contributed by atoms with van der Waals surface area (Å²) in [7, 11) is 0. The van der Waals surface area contributed by atoms with Crippen LogP contribution in [0.3, 0.4) is 0 Å². The van der Waals surface area contributed by atoms with Gasteiger partial charge in [0.1, 0.15) is 0 Å². The van der Waals surface area contributed by atoms with Crippen molar-refractivity contribution in [1.29, 1.82) is 0 Å². The van der Waals surface area contributed by atoms with Gasteiger partial charge in [-0.05, 0) is 18.4 Å². The average Bonchev–Trinajstić information content (AvgIpc) is 2.69. The van der Waals surface area contributed by atoms with Crippen molar-refractivity contribution in [3.05, 3.63) is 58.3 Å². The van der Waals surface area contributed by atoms with Crippen molar-refractivity contribution in [2.45, 2.75) is 19.4 Å². The highest BCUT2D eigenvalue weighted by Gasteiger charge is 2.26. The van der Waals surface area contributed by atoms with E-state index in [-0.39, 0.29) is 11.8 Å². The van der Waals surface area contributed by atoms with Crippen molar-refractivity contribution >= 4 is 34.8 Å². The lowest BCUT2D eigenvalue weighted by molar-refractivity contribution is -0.125. The number of halogens is 2. The number of piperidine rings is 1. The zero-order valence-electron chi connectivity index (χ0n) is 15.1. The molecule has 1 amide bonds. The van der Waals surface area contributed by atoms with Gasteiger partial charge < -0.3 is 15.5 Å². The van der Waals surface area contributed by atoms with E-state index in [4.69, 9.17) is 23.2 Å². The second kappa shape index (κ2) is 9.93. The number of rotatable bonds is 7. The number of anilines is 1. The lowest BCUT2D eigenvalue weighted by Gasteiger charge is -2.33. The van der Waals surface area contributed by atoms with E-state index in [1.54, 1.807) is 12.4 Å². The molecule has 3 rings (SSSR count). The maximum Gasteiger partial charge on any atom is 0.223 e. The number of aromatic nitrogens is 1. The fourth-order valence-corrected chi connectivity index (χ4v) is 3.92. The summed E-state index contributed by atoms with van der Waals surface area (Å²) in [6, 6.07) is 10.2. The van der Waals surface area contributed by atoms with Gasteiger partial charge >= 0.3 is 0 Å². The normalized spacial score (nSPS) is 15.0. The molecule has 144 valence electrons. The molecule has 1 saturated heterocycles. The minimum absolute atomic E-state index is 0.0368. The first-order valence-electron chi connectivity index (χ1n) is 9.21. The molecule has 5 nitrogen and oxygen atoms in total. The molecular formula is C20H24Cl2N4O. The summed E-state index contributed by atoms with van der Waals surface area (Å²) in [5.74, 6) is 0.165. The summed E-state index contributed by atoms with van der Waals surface area (Å²) in [5.41, 5.74) is 2.06. The molecule has 1 fully saturated rings. The molecule has 2 aromatic rings. The Kier molecular flexibility index (Phi) is 7.33. The van der Waals surface area contributed by atoms with E-state index < -0.39 is 0 Å². The molecule has 0 saturated carbocycles. The first-order chi connectivity index (χ1) is 13.1. The number of hydrogen-bond acceptors (Lipinski definition) is 4. The van der Waals surface area contributed by atoms with Gasteiger partial charge in [0.25, 0.3) is 0 Å². The molecule has 0 spiro atoms. The minimum Gasteiger partial charge on any atom is -0.369 e. The highest BCUT2D eigenvalue weighted by molar-refractivity contribution is 6.38. The molecule has 7 heteroatoms. The molecule has 1 aliphatic rings. The van der Waals surface area contributed by atoms with E-state index in [9.17, 15) is 4.79 Å². The van der Waals surface area contributed by atoms with Gasteiger partial charge in [0.15, 0.2) is 0 Å². The van der Waals surface area contributed by atoms with Gasteiger partial charge in [0, 0.05) is 51.0 Å². The maximum absolute atomic E-state index is 12.4. The van der Waals surface area contributed by atoms with Crippen LogP contribution in [0.1, 0.15) is 18.4 Å². The van der Waals surface area contributed by atoms with Crippen LogP contribution >= 0.6 is 23.2 Å². The number of nitrogens with one attached hydrogen (secondary N) is 2. The van der Waals surface area contributed by atoms with Gasteiger partial charge in [-0.25, -0.2) is 0 Å². The van der Waals surface area contributed by atoms with Crippen molar-refractivity contribution in [3.63, 3.8) is 0 Å². The molecule has 0 unspecified atom stereocenters. The number of carbonyl (C=O) groups is 1. The summed E-state index contributed by atoms with van der Waals surface area (Å²) in [6.07, 6.45) is 4.78. The Hall–Kier alpha value is -1.82. The van der Waals surface area contributed by atoms with E-state index in [0.29, 0.717) is 16.6 Å². The van der Waals surface area contributed by atoms with Crippen LogP contribution in [0.15, 0.2) is 42.7 Å². The topological polar surface area (TPSA) is 57.3 Å². The van der Waals surface area contributed by atoms with Crippen molar-refractivity contribution in [3.8, 4) is 0 Å². The smallest absolute Gasteiger partial charge is 0.223 e. The quantitative estimate of drug-likeness (QED) is 0.690. The molecule has 1 aromatic heterocycles. The van der Waals surface area contributed by atoms with Gasteiger partial charge in [-0.2, -0.15) is 0 Å². The number of hydrogen-bond donors (Lipinski definition) is 2. The average molecular weight is 407 g/mol. The number of benzene rings is 1. The molecule has 1 aliphatic heterocycles. The molecule has 2 heterocycles. The summed E-state index contributed by atoms with van der Waals surface area (Å²) in [6.45, 7) is 3.71. The number of carbonyl (C=O) groups excluding carboxylic acids is 1. The fourth-order valence-electron chi connectivity index (χ4n) is 3.32. The third kappa shape index (κ3) is 5.58. The van der Waals surface area contributed by atoms with Gasteiger partial charge in [-0.1, -0.05) is 53.5 Å². The largest absolute Gasteiger partial charge is 0.369 e. The van der Waals surface area contributed by atoms with Crippen LogP contribution in [-0.4, -0.2) is 37.1 Å². The lowest BCUT2D eigenvalue weighted by Crippen LogP contribution is -2.42. The zero-order chi connectivity index (χ0) is 19.1. The Bertz CT molecular complexity index is 729. The van der Waals surface area contributed by atoms with Gasteiger partial charge in [0.2, 0.25) is 5.91 Å². The molecule has 1 aromatic carbocycles. The maximum atomic E-state index is 12.4. The Morgan fingerprint density at radius 3 is 2.41 bits per heavy atom. The van der Waals surface area contributed by atoms with E-state index >= 15 is 0 Å². The SMILES string of the molecule is O=C(NCCNCc1ccccc1)C1CCN(c2c(Cl)cncc2Cl)CC1. The highest BCUT2D eigenvalue weighted by Crippen LogP contribution is 2.35. The van der Waals surface area contributed by atoms with Crippen molar-refractivity contribution in [2.24, 2.45) is 5.92 Å². The monoisotopic (exact) mass is 406 g/mol. The predicted octanol–water partition coefficient (Wildman–Crippen LogP) is 3.51. The van der Waals surface area contributed by atoms with Crippen LogP contribution in [0.25, 0.3) is 0 Å². The molecule has 27 heavy (non-hydrogen) atoms. The van der Waals surface area contributed by atoms with Gasteiger partial charge in [-0.3, -0.25) is 9.78 Å². The summed E-state index contributed by atoms with van der Waals surface area (Å²) in [5, 5.41) is 7.48. The number of amides is 1. The predicted molar refractivity (Wildman–Crippen MR) is 110 cm³/mol. The van der Waals surface area contributed by atoms with Crippen LogP contribution in [0.4, 0.5) is 5.69 Å². The zero-order valence-corrected chi connectivity index (χ0v) is 16.6. The Morgan fingerprint density at radius 1 is 1.07 bits per heavy atom. The van der Waals surface area contributed by atoms with Crippen LogP contribution in [0.2, 0.25) is 10.0 Å². The van der Waals surface area contributed by atoms with E-state index in [1.807, 2.05) is 18.2 Å². The standard InChI is InChI=1S/C20H24Cl2N4O/c21-17-13-24-14-18(22)19(17)26-10-6-16(7-11-26)20(27)25-9-8-23-12-15-4-2-1-3-5-15/h1-5,13-14,16,23H,6-12H2,(H,25,27). The van der Waals surface area contributed by atoms with E-state index in [0.717, 1.165) is 44.7 Å². The van der Waals surface area contributed by atoms with E-state index in [2.05, 4.69) is 32.7 Å². The second-order valence-corrected chi connectivity index (χ2v) is 7.48. The first-order valence-corrected chi connectivity index (χ1v) is 9.97. The third-order valence-corrected chi connectivity index (χ3v) is 5.34. The molecule has 0 aliphatic carbocycles. The van der Waals surface area contributed by atoms with Crippen molar-refractivity contribution < 1.29 is 4.79 Å². The summed E-state index contributed by atoms with van der Waals surface area (Å²) < 4.78 is 0. The molecule has 2 N–H and O–H groups in total. The van der Waals surface area contributed by atoms with Crippen LogP contribution in [0, 0.1) is 5.92 Å². The molecular weight excluding hydrogens is 383 g/mol. The fraction of sp³-hybridized carbons (Fsp3) is 0.400. The Morgan fingerprint density at radius 2 is 1.74 bits per heavy atom. The minimum atomic E-state index is 0.0368. The Labute approximate surface area is 170 Å². The summed E-state index contributed by atoms with van der Waals surface area (Å²) >= 11 is 12.5. The van der Waals surface area contributed by atoms with E-state index in [1.165, 1.54) is 5.56 Å². The molecule has 0 atom stereocenters. The van der Waals surface area contributed by atoms with Crippen molar-refractivity contribution in [2.75, 3.05) is 31.1 Å². The van der Waals surface area contributed by atoms with Crippen LogP contribution < -0.4 is 15.5 Å². The Balaban J connectivity index is 1.37. The van der Waals surface area contributed by atoms with Gasteiger partial charge in [-0.15, -0.1) is 0 Å². The third-order valence-electron chi connectivity index (χ3n) is 4.78. The summed E-state index contributed by atoms with van der Waals surface area (Å²) in [4.78, 5) is 18.5. The first kappa shape index (κ1) is 19.9. The highest BCUT2D eigenvalue weighted by atomic mass is 35.5. The second-order valence-electron chi connectivity index (χ2n) is 6.67. The number of nitrogens with zero attached hydrogens (tertiary/aromatic N) is 2. The molecule has 0 radical (unpaired) electrons. The van der Waals surface area contributed by atoms with Crippen molar-refractivity contribution in [1.82, 2.24) is 15.6 Å². The van der Waals surface area contributed by atoms with Crippen LogP contribution in [-0.2, 0) is 11.3 Å². The lowest BCUT2D eigenvalue weighted by atomic mass is 9.95.